The summed E-state index contributed by atoms with van der Waals surface area (Å²) in [5, 5.41) is 9.28. The van der Waals surface area contributed by atoms with E-state index < -0.39 is 5.97 Å². The molecule has 1 aliphatic rings. The van der Waals surface area contributed by atoms with Crippen LogP contribution in [0.5, 0.6) is 0 Å². The third-order valence-corrected chi connectivity index (χ3v) is 5.58. The van der Waals surface area contributed by atoms with Crippen molar-refractivity contribution in [2.45, 2.75) is 31.3 Å². The number of thioether (sulfide) groups is 1. The number of amides is 2. The van der Waals surface area contributed by atoms with Crippen LogP contribution in [0, 0.1) is 0 Å². The number of nitrogens with zero attached hydrogens (tertiary/aromatic N) is 2. The summed E-state index contributed by atoms with van der Waals surface area (Å²) >= 11 is 3.01. The van der Waals surface area contributed by atoms with E-state index >= 15 is 0 Å². The van der Waals surface area contributed by atoms with Crippen LogP contribution in [0.15, 0.2) is 34.1 Å². The number of fused-ring (bicyclic) bond motifs is 1. The largest absolute Gasteiger partial charge is 0.463 e. The van der Waals surface area contributed by atoms with Gasteiger partial charge >= 0.3 is 12.0 Å². The Morgan fingerprint density at radius 1 is 1.40 bits per heavy atom. The van der Waals surface area contributed by atoms with Gasteiger partial charge in [-0.3, -0.25) is 0 Å². The van der Waals surface area contributed by atoms with E-state index in [2.05, 4.69) is 20.6 Å². The molecule has 2 amide bonds. The van der Waals surface area contributed by atoms with Crippen molar-refractivity contribution >= 4 is 45.3 Å². The molecule has 0 fully saturated rings. The fraction of sp³-hybridized carbons (Fsp3) is 0.375. The number of thiophene rings is 1. The number of rotatable bonds is 6. The maximum absolute atomic E-state index is 12.4. The first-order valence-electron chi connectivity index (χ1n) is 7.92. The average molecular weight is 378 g/mol. The zero-order valence-corrected chi connectivity index (χ0v) is 15.5. The average Bonchev–Trinajstić information content (AvgIpc) is 3.08. The van der Waals surface area contributed by atoms with Gasteiger partial charge in [-0.15, -0.1) is 11.3 Å². The molecule has 0 spiro atoms. The van der Waals surface area contributed by atoms with Gasteiger partial charge in [0.2, 0.25) is 0 Å². The van der Waals surface area contributed by atoms with Crippen molar-refractivity contribution in [3.8, 4) is 0 Å². The number of esters is 1. The molecule has 1 aliphatic heterocycles. The summed E-state index contributed by atoms with van der Waals surface area (Å²) in [5.41, 5.74) is 1.05. The lowest BCUT2D eigenvalue weighted by Gasteiger charge is -2.28. The minimum Gasteiger partial charge on any atom is -0.463 e. The van der Waals surface area contributed by atoms with Crippen molar-refractivity contribution in [2.24, 2.45) is 0 Å². The molecule has 0 bridgehead atoms. The standard InChI is InChI=1S/C16H18N4O3S2/c1-3-10-12(15(21)23-4-2)11(20-16(22)19-10)7-25-14-9-5-6-24-13(9)17-8-18-14/h5-6,8,10H,3-4,7H2,1-2H3,(H2,19,20,22)/t10-/m1/s1. The summed E-state index contributed by atoms with van der Waals surface area (Å²) in [7, 11) is 0. The van der Waals surface area contributed by atoms with Crippen LogP contribution in [-0.4, -0.2) is 40.4 Å². The van der Waals surface area contributed by atoms with Crippen LogP contribution < -0.4 is 10.6 Å². The summed E-state index contributed by atoms with van der Waals surface area (Å²) in [6.45, 7) is 3.96. The number of nitrogens with one attached hydrogen (secondary N) is 2. The highest BCUT2D eigenvalue weighted by Crippen LogP contribution is 2.30. The van der Waals surface area contributed by atoms with Crippen molar-refractivity contribution in [2.75, 3.05) is 12.4 Å². The van der Waals surface area contributed by atoms with Crippen LogP contribution in [0.2, 0.25) is 0 Å². The maximum Gasteiger partial charge on any atom is 0.337 e. The van der Waals surface area contributed by atoms with Crippen molar-refractivity contribution in [3.05, 3.63) is 29.0 Å². The van der Waals surface area contributed by atoms with Gasteiger partial charge in [-0.2, -0.15) is 0 Å². The van der Waals surface area contributed by atoms with Crippen LogP contribution in [0.25, 0.3) is 10.2 Å². The lowest BCUT2D eigenvalue weighted by atomic mass is 10.0. The van der Waals surface area contributed by atoms with E-state index in [1.165, 1.54) is 18.1 Å². The SMILES string of the molecule is CCOC(=O)C1=C(CSc2ncnc3sccc23)NC(=O)N[C@@H]1CC. The van der Waals surface area contributed by atoms with Crippen molar-refractivity contribution in [3.63, 3.8) is 0 Å². The summed E-state index contributed by atoms with van der Waals surface area (Å²) in [6.07, 6.45) is 2.13. The third-order valence-electron chi connectivity index (χ3n) is 3.73. The minimum absolute atomic E-state index is 0.286. The molecular formula is C16H18N4O3S2. The van der Waals surface area contributed by atoms with Gasteiger partial charge in [-0.05, 0) is 24.8 Å². The Hall–Kier alpha value is -2.13. The number of carbonyl (C=O) groups excluding carboxylic acids is 2. The van der Waals surface area contributed by atoms with Gasteiger partial charge in [-0.25, -0.2) is 19.6 Å². The lowest BCUT2D eigenvalue weighted by molar-refractivity contribution is -0.139. The Labute approximate surface area is 153 Å². The predicted molar refractivity (Wildman–Crippen MR) is 97.5 cm³/mol. The van der Waals surface area contributed by atoms with E-state index in [0.29, 0.717) is 23.4 Å². The Kier molecular flexibility index (Phi) is 5.54. The van der Waals surface area contributed by atoms with Crippen LogP contribution in [0.1, 0.15) is 20.3 Å². The zero-order chi connectivity index (χ0) is 17.8. The molecule has 25 heavy (non-hydrogen) atoms. The highest BCUT2D eigenvalue weighted by atomic mass is 32.2. The number of ether oxygens (including phenoxy) is 1. The Morgan fingerprint density at radius 2 is 2.24 bits per heavy atom. The third kappa shape index (κ3) is 3.77. The second-order valence-electron chi connectivity index (χ2n) is 5.28. The van der Waals surface area contributed by atoms with Crippen LogP contribution >= 0.6 is 23.1 Å². The molecule has 3 rings (SSSR count). The highest BCUT2D eigenvalue weighted by Gasteiger charge is 2.31. The first kappa shape index (κ1) is 17.7. The van der Waals surface area contributed by atoms with E-state index in [4.69, 9.17) is 4.74 Å². The van der Waals surface area contributed by atoms with Crippen LogP contribution in [0.3, 0.4) is 0 Å². The van der Waals surface area contributed by atoms with Crippen LogP contribution in [0.4, 0.5) is 4.79 Å². The van der Waals surface area contributed by atoms with E-state index in [1.54, 1.807) is 18.3 Å². The Bertz CT molecular complexity index is 834. The quantitative estimate of drug-likeness (QED) is 0.456. The molecule has 2 aromatic rings. The highest BCUT2D eigenvalue weighted by molar-refractivity contribution is 7.99. The van der Waals surface area contributed by atoms with Crippen LogP contribution in [-0.2, 0) is 9.53 Å². The van der Waals surface area contributed by atoms with Gasteiger partial charge in [0.05, 0.1) is 18.2 Å². The molecule has 0 radical (unpaired) electrons. The normalized spacial score (nSPS) is 17.4. The monoisotopic (exact) mass is 378 g/mol. The number of urea groups is 1. The first-order chi connectivity index (χ1) is 12.1. The van der Waals surface area contributed by atoms with E-state index in [1.807, 2.05) is 18.4 Å². The molecule has 132 valence electrons. The van der Waals surface area contributed by atoms with E-state index in [9.17, 15) is 9.59 Å². The van der Waals surface area contributed by atoms with Gasteiger partial charge in [0, 0.05) is 16.8 Å². The van der Waals surface area contributed by atoms with Gasteiger partial charge in [0.15, 0.2) is 0 Å². The Morgan fingerprint density at radius 3 is 3.00 bits per heavy atom. The Balaban J connectivity index is 1.89. The summed E-state index contributed by atoms with van der Waals surface area (Å²) in [6, 6.07) is 1.31. The topological polar surface area (TPSA) is 93.2 Å². The summed E-state index contributed by atoms with van der Waals surface area (Å²) in [4.78, 5) is 33.7. The van der Waals surface area contributed by atoms with Crippen molar-refractivity contribution < 1.29 is 14.3 Å². The van der Waals surface area contributed by atoms with Gasteiger partial charge in [0.25, 0.3) is 0 Å². The molecule has 0 aliphatic carbocycles. The number of aromatic nitrogens is 2. The fourth-order valence-electron chi connectivity index (χ4n) is 2.60. The summed E-state index contributed by atoms with van der Waals surface area (Å²) in [5.74, 6) is 0.0147. The molecule has 9 heteroatoms. The first-order valence-corrected chi connectivity index (χ1v) is 9.79. The molecule has 3 heterocycles. The van der Waals surface area contributed by atoms with E-state index in [-0.39, 0.29) is 18.7 Å². The van der Waals surface area contributed by atoms with Gasteiger partial charge in [-0.1, -0.05) is 18.7 Å². The smallest absolute Gasteiger partial charge is 0.337 e. The molecule has 0 unspecified atom stereocenters. The maximum atomic E-state index is 12.4. The van der Waals surface area contributed by atoms with Crippen molar-refractivity contribution in [1.82, 2.24) is 20.6 Å². The van der Waals surface area contributed by atoms with E-state index in [0.717, 1.165) is 15.2 Å². The van der Waals surface area contributed by atoms with Crippen molar-refractivity contribution in [1.29, 1.82) is 0 Å². The number of hydrogen-bond donors (Lipinski definition) is 2. The zero-order valence-electron chi connectivity index (χ0n) is 13.9. The molecular weight excluding hydrogens is 360 g/mol. The fourth-order valence-corrected chi connectivity index (χ4v) is 4.35. The van der Waals surface area contributed by atoms with Gasteiger partial charge < -0.3 is 15.4 Å². The molecule has 0 aromatic carbocycles. The second kappa shape index (κ2) is 7.83. The molecule has 0 saturated heterocycles. The number of carbonyl (C=O) groups is 2. The van der Waals surface area contributed by atoms with Gasteiger partial charge in [0.1, 0.15) is 16.2 Å². The lowest BCUT2D eigenvalue weighted by Crippen LogP contribution is -2.50. The molecule has 0 saturated carbocycles. The number of hydrogen-bond acceptors (Lipinski definition) is 7. The molecule has 2 aromatic heterocycles. The predicted octanol–water partition coefficient (Wildman–Crippen LogP) is 2.69. The molecule has 7 nitrogen and oxygen atoms in total. The molecule has 1 atom stereocenters. The summed E-state index contributed by atoms with van der Waals surface area (Å²) < 4.78 is 5.17. The minimum atomic E-state index is -0.402. The molecule has 2 N–H and O–H groups in total. The second-order valence-corrected chi connectivity index (χ2v) is 7.14.